The number of hydrogen-bond donors (Lipinski definition) is 1. The third kappa shape index (κ3) is 1.60. The lowest BCUT2D eigenvalue weighted by Crippen LogP contribution is -2.07. The van der Waals surface area contributed by atoms with E-state index in [-0.39, 0.29) is 6.04 Å². The van der Waals surface area contributed by atoms with Gasteiger partial charge in [-0.25, -0.2) is 0 Å². The minimum atomic E-state index is 0.187. The Hall–Kier alpha value is -0.860. The summed E-state index contributed by atoms with van der Waals surface area (Å²) >= 11 is 1.77. The van der Waals surface area contributed by atoms with Crippen molar-refractivity contribution in [3.8, 4) is 0 Å². The van der Waals surface area contributed by atoms with Crippen molar-refractivity contribution in [3.63, 3.8) is 0 Å². The van der Waals surface area contributed by atoms with Crippen LogP contribution in [0.15, 0.2) is 29.6 Å². The van der Waals surface area contributed by atoms with Crippen molar-refractivity contribution in [1.29, 1.82) is 0 Å². The van der Waals surface area contributed by atoms with Gasteiger partial charge in [-0.1, -0.05) is 19.1 Å². The van der Waals surface area contributed by atoms with Crippen molar-refractivity contribution in [1.82, 2.24) is 0 Å². The lowest BCUT2D eigenvalue weighted by molar-refractivity contribution is 0.700. The average Bonchev–Trinajstić information content (AvgIpc) is 2.63. The maximum absolute atomic E-state index is 5.96. The summed E-state index contributed by atoms with van der Waals surface area (Å²) in [5.74, 6) is 0. The Morgan fingerprint density at radius 3 is 3.00 bits per heavy atom. The van der Waals surface area contributed by atoms with Crippen LogP contribution in [0.4, 0.5) is 0 Å². The number of rotatable bonds is 2. The van der Waals surface area contributed by atoms with Crippen LogP contribution >= 0.6 is 11.3 Å². The average molecular weight is 191 g/mol. The standard InChI is InChI=1S/C11H13NS/c1-2-10(12)9-4-3-8-5-6-13-11(8)7-9/h3-7,10H,2,12H2,1H3/t10-/m0/s1. The van der Waals surface area contributed by atoms with E-state index in [1.165, 1.54) is 15.6 Å². The molecular formula is C11H13NS. The van der Waals surface area contributed by atoms with E-state index in [0.717, 1.165) is 6.42 Å². The van der Waals surface area contributed by atoms with Crippen LogP contribution in [0.2, 0.25) is 0 Å². The molecule has 0 aliphatic heterocycles. The molecular weight excluding hydrogens is 178 g/mol. The highest BCUT2D eigenvalue weighted by Gasteiger charge is 2.03. The molecule has 0 aliphatic carbocycles. The van der Waals surface area contributed by atoms with Gasteiger partial charge in [0.05, 0.1) is 0 Å². The molecule has 2 aromatic rings. The van der Waals surface area contributed by atoms with E-state index in [4.69, 9.17) is 5.73 Å². The smallest absolute Gasteiger partial charge is 0.0346 e. The van der Waals surface area contributed by atoms with Gasteiger partial charge in [0.25, 0.3) is 0 Å². The van der Waals surface area contributed by atoms with Crippen molar-refractivity contribution in [2.45, 2.75) is 19.4 Å². The van der Waals surface area contributed by atoms with Gasteiger partial charge in [0, 0.05) is 10.7 Å². The molecule has 0 spiro atoms. The third-order valence-electron chi connectivity index (χ3n) is 2.35. The van der Waals surface area contributed by atoms with Crippen LogP contribution in [-0.2, 0) is 0 Å². The lowest BCUT2D eigenvalue weighted by Gasteiger charge is -2.08. The zero-order valence-corrected chi connectivity index (χ0v) is 8.47. The SMILES string of the molecule is CC[C@H](N)c1ccc2ccsc2c1. The van der Waals surface area contributed by atoms with Gasteiger partial charge in [0.2, 0.25) is 0 Å². The lowest BCUT2D eigenvalue weighted by atomic mass is 10.0. The van der Waals surface area contributed by atoms with E-state index < -0.39 is 0 Å². The van der Waals surface area contributed by atoms with Crippen molar-refractivity contribution in [2.75, 3.05) is 0 Å². The Bertz CT molecular complexity index is 405. The molecule has 1 nitrogen and oxygen atoms in total. The molecule has 0 amide bonds. The van der Waals surface area contributed by atoms with Crippen LogP contribution in [0.3, 0.4) is 0 Å². The summed E-state index contributed by atoms with van der Waals surface area (Å²) < 4.78 is 1.33. The molecule has 1 aromatic carbocycles. The molecule has 0 saturated heterocycles. The Morgan fingerprint density at radius 2 is 2.23 bits per heavy atom. The Balaban J connectivity index is 2.48. The second-order valence-electron chi connectivity index (χ2n) is 3.23. The van der Waals surface area contributed by atoms with Crippen LogP contribution < -0.4 is 5.73 Å². The van der Waals surface area contributed by atoms with E-state index >= 15 is 0 Å². The molecule has 0 unspecified atom stereocenters. The molecule has 0 saturated carbocycles. The zero-order valence-electron chi connectivity index (χ0n) is 7.66. The first-order valence-electron chi connectivity index (χ1n) is 4.54. The van der Waals surface area contributed by atoms with Gasteiger partial charge < -0.3 is 5.73 Å². The Kier molecular flexibility index (Phi) is 2.34. The molecule has 0 fully saturated rings. The molecule has 0 radical (unpaired) electrons. The maximum atomic E-state index is 5.96. The Morgan fingerprint density at radius 1 is 1.38 bits per heavy atom. The van der Waals surface area contributed by atoms with E-state index in [1.54, 1.807) is 11.3 Å². The minimum Gasteiger partial charge on any atom is -0.324 e. The summed E-state index contributed by atoms with van der Waals surface area (Å²) in [4.78, 5) is 0. The first-order chi connectivity index (χ1) is 6.31. The molecule has 2 N–H and O–H groups in total. The third-order valence-corrected chi connectivity index (χ3v) is 3.23. The number of fused-ring (bicyclic) bond motifs is 1. The van der Waals surface area contributed by atoms with Gasteiger partial charge >= 0.3 is 0 Å². The van der Waals surface area contributed by atoms with Crippen LogP contribution in [0.1, 0.15) is 24.9 Å². The van der Waals surface area contributed by atoms with Crippen molar-refractivity contribution in [3.05, 3.63) is 35.2 Å². The quantitative estimate of drug-likeness (QED) is 0.774. The summed E-state index contributed by atoms with van der Waals surface area (Å²) in [5.41, 5.74) is 7.21. The number of nitrogens with two attached hydrogens (primary N) is 1. The van der Waals surface area contributed by atoms with E-state index in [0.29, 0.717) is 0 Å². The second-order valence-corrected chi connectivity index (χ2v) is 4.18. The summed E-state index contributed by atoms with van der Waals surface area (Å²) in [6, 6.07) is 8.81. The topological polar surface area (TPSA) is 26.0 Å². The van der Waals surface area contributed by atoms with E-state index in [1.807, 2.05) is 0 Å². The molecule has 1 heterocycles. The highest BCUT2D eigenvalue weighted by molar-refractivity contribution is 7.17. The summed E-state index contributed by atoms with van der Waals surface area (Å²) in [7, 11) is 0. The van der Waals surface area contributed by atoms with Gasteiger partial charge in [0.15, 0.2) is 0 Å². The second kappa shape index (κ2) is 3.48. The van der Waals surface area contributed by atoms with E-state index in [9.17, 15) is 0 Å². The van der Waals surface area contributed by atoms with Crippen LogP contribution in [0.5, 0.6) is 0 Å². The highest BCUT2D eigenvalue weighted by atomic mass is 32.1. The number of benzene rings is 1. The fourth-order valence-electron chi connectivity index (χ4n) is 1.44. The summed E-state index contributed by atoms with van der Waals surface area (Å²) in [5, 5.41) is 3.43. The van der Waals surface area contributed by atoms with E-state index in [2.05, 4.69) is 36.6 Å². The summed E-state index contributed by atoms with van der Waals surface area (Å²) in [6.07, 6.45) is 0.997. The number of thiophene rings is 1. The van der Waals surface area contributed by atoms with Crippen LogP contribution in [0, 0.1) is 0 Å². The first-order valence-corrected chi connectivity index (χ1v) is 5.42. The zero-order chi connectivity index (χ0) is 9.26. The van der Waals surface area contributed by atoms with Crippen molar-refractivity contribution < 1.29 is 0 Å². The normalized spacial score (nSPS) is 13.4. The molecule has 0 bridgehead atoms. The molecule has 1 atom stereocenters. The monoisotopic (exact) mass is 191 g/mol. The fourth-order valence-corrected chi connectivity index (χ4v) is 2.28. The maximum Gasteiger partial charge on any atom is 0.0346 e. The van der Waals surface area contributed by atoms with Gasteiger partial charge in [-0.2, -0.15) is 0 Å². The molecule has 68 valence electrons. The molecule has 0 aliphatic rings. The van der Waals surface area contributed by atoms with Crippen LogP contribution in [0.25, 0.3) is 10.1 Å². The first kappa shape index (κ1) is 8.73. The fraction of sp³-hybridized carbons (Fsp3) is 0.273. The predicted molar refractivity (Wildman–Crippen MR) is 59.0 cm³/mol. The molecule has 2 heteroatoms. The van der Waals surface area contributed by atoms with Gasteiger partial charge in [0.1, 0.15) is 0 Å². The predicted octanol–water partition coefficient (Wildman–Crippen LogP) is 3.31. The van der Waals surface area contributed by atoms with Crippen molar-refractivity contribution in [2.24, 2.45) is 5.73 Å². The Labute approximate surface area is 82.2 Å². The highest BCUT2D eigenvalue weighted by Crippen LogP contribution is 2.24. The molecule has 13 heavy (non-hydrogen) atoms. The van der Waals surface area contributed by atoms with Crippen molar-refractivity contribution >= 4 is 21.4 Å². The molecule has 2 rings (SSSR count). The largest absolute Gasteiger partial charge is 0.324 e. The van der Waals surface area contributed by atoms with Gasteiger partial charge in [-0.15, -0.1) is 11.3 Å². The van der Waals surface area contributed by atoms with Gasteiger partial charge in [-0.05, 0) is 34.9 Å². The molecule has 1 aromatic heterocycles. The van der Waals surface area contributed by atoms with Gasteiger partial charge in [-0.3, -0.25) is 0 Å². The minimum absolute atomic E-state index is 0.187. The summed E-state index contributed by atoms with van der Waals surface area (Å²) in [6.45, 7) is 2.11. The van der Waals surface area contributed by atoms with Crippen LogP contribution in [-0.4, -0.2) is 0 Å². The number of hydrogen-bond acceptors (Lipinski definition) is 2.